The lowest BCUT2D eigenvalue weighted by atomic mass is 9.97. The second-order valence-electron chi connectivity index (χ2n) is 5.18. The fraction of sp³-hybridized carbons (Fsp3) is 0.533. The minimum atomic E-state index is 0.772. The zero-order chi connectivity index (χ0) is 13.0. The average molecular weight is 243 g/mol. The predicted molar refractivity (Wildman–Crippen MR) is 74.8 cm³/mol. The first-order valence-corrected chi connectivity index (χ1v) is 6.63. The van der Waals surface area contributed by atoms with Crippen LogP contribution < -0.4 is 10.2 Å². The second kappa shape index (κ2) is 5.88. The number of hydrogen-bond donors (Lipinski definition) is 1. The van der Waals surface area contributed by atoms with E-state index in [0.717, 1.165) is 36.7 Å². The van der Waals surface area contributed by atoms with E-state index in [2.05, 4.69) is 29.4 Å². The van der Waals surface area contributed by atoms with Gasteiger partial charge in [-0.3, -0.25) is 0 Å². The van der Waals surface area contributed by atoms with Crippen LogP contribution in [-0.2, 0) is 0 Å². The molecule has 3 nitrogen and oxygen atoms in total. The molecule has 0 bridgehead atoms. The van der Waals surface area contributed by atoms with E-state index in [9.17, 15) is 0 Å². The summed E-state index contributed by atoms with van der Waals surface area (Å²) in [5.74, 6) is 0.784. The molecule has 1 N–H and O–H groups in total. The van der Waals surface area contributed by atoms with Crippen molar-refractivity contribution in [1.82, 2.24) is 5.32 Å². The van der Waals surface area contributed by atoms with Crippen molar-refractivity contribution < 1.29 is 0 Å². The molecule has 1 fully saturated rings. The third-order valence-electron chi connectivity index (χ3n) is 3.76. The molecule has 1 heterocycles. The van der Waals surface area contributed by atoms with Crippen LogP contribution in [0.1, 0.15) is 24.0 Å². The maximum absolute atomic E-state index is 8.94. The van der Waals surface area contributed by atoms with Gasteiger partial charge in [-0.25, -0.2) is 0 Å². The van der Waals surface area contributed by atoms with Gasteiger partial charge in [-0.1, -0.05) is 0 Å². The van der Waals surface area contributed by atoms with Crippen molar-refractivity contribution in [1.29, 1.82) is 5.26 Å². The summed E-state index contributed by atoms with van der Waals surface area (Å²) in [6.45, 7) is 5.39. The van der Waals surface area contributed by atoms with Gasteiger partial charge in [0.05, 0.1) is 11.6 Å². The quantitative estimate of drug-likeness (QED) is 0.885. The summed E-state index contributed by atoms with van der Waals surface area (Å²) in [6.07, 6.45) is 2.53. The Morgan fingerprint density at radius 1 is 1.39 bits per heavy atom. The zero-order valence-electron chi connectivity index (χ0n) is 11.2. The van der Waals surface area contributed by atoms with Crippen molar-refractivity contribution in [2.24, 2.45) is 5.92 Å². The highest BCUT2D eigenvalue weighted by atomic mass is 15.1. The van der Waals surface area contributed by atoms with Crippen LogP contribution in [0.5, 0.6) is 0 Å². The Kier molecular flexibility index (Phi) is 4.22. The molecule has 1 saturated heterocycles. The molecule has 1 aromatic carbocycles. The van der Waals surface area contributed by atoms with Crippen molar-refractivity contribution in [2.75, 3.05) is 31.6 Å². The molecule has 0 saturated carbocycles. The summed E-state index contributed by atoms with van der Waals surface area (Å²) in [4.78, 5) is 2.31. The standard InChI is InChI=1S/C15H21N3/c1-12-9-15(4-3-14(12)10-16)18(2)11-13-5-7-17-8-6-13/h3-4,9,13,17H,5-8,11H2,1-2H3. The number of piperidine rings is 1. The smallest absolute Gasteiger partial charge is 0.0994 e. The zero-order valence-corrected chi connectivity index (χ0v) is 11.2. The molecule has 0 aliphatic carbocycles. The lowest BCUT2D eigenvalue weighted by Gasteiger charge is -2.29. The largest absolute Gasteiger partial charge is 0.374 e. The molecule has 0 unspecified atom stereocenters. The van der Waals surface area contributed by atoms with Gasteiger partial charge in [0.15, 0.2) is 0 Å². The Balaban J connectivity index is 2.02. The van der Waals surface area contributed by atoms with Crippen LogP contribution in [-0.4, -0.2) is 26.7 Å². The van der Waals surface area contributed by atoms with E-state index in [1.165, 1.54) is 18.5 Å². The molecule has 96 valence electrons. The van der Waals surface area contributed by atoms with Crippen molar-refractivity contribution >= 4 is 5.69 Å². The van der Waals surface area contributed by atoms with Gasteiger partial charge in [-0.05, 0) is 62.5 Å². The SMILES string of the molecule is Cc1cc(N(C)CC2CCNCC2)ccc1C#N. The first-order valence-electron chi connectivity index (χ1n) is 6.63. The van der Waals surface area contributed by atoms with Gasteiger partial charge in [-0.15, -0.1) is 0 Å². The molecule has 1 aliphatic rings. The average Bonchev–Trinajstić information content (AvgIpc) is 2.39. The summed E-state index contributed by atoms with van der Waals surface area (Å²) >= 11 is 0. The predicted octanol–water partition coefficient (Wildman–Crippen LogP) is 2.30. The molecular weight excluding hydrogens is 222 g/mol. The third-order valence-corrected chi connectivity index (χ3v) is 3.76. The lowest BCUT2D eigenvalue weighted by Crippen LogP contribution is -2.34. The monoisotopic (exact) mass is 243 g/mol. The van der Waals surface area contributed by atoms with Crippen LogP contribution in [0.15, 0.2) is 18.2 Å². The third kappa shape index (κ3) is 3.02. The highest BCUT2D eigenvalue weighted by Gasteiger charge is 2.15. The number of rotatable bonds is 3. The summed E-state index contributed by atoms with van der Waals surface area (Å²) < 4.78 is 0. The van der Waals surface area contributed by atoms with Crippen LogP contribution >= 0.6 is 0 Å². The maximum atomic E-state index is 8.94. The molecular formula is C15H21N3. The van der Waals surface area contributed by atoms with Gasteiger partial charge in [0.25, 0.3) is 0 Å². The molecule has 18 heavy (non-hydrogen) atoms. The highest BCUT2D eigenvalue weighted by molar-refractivity contribution is 5.53. The van der Waals surface area contributed by atoms with Gasteiger partial charge in [0.1, 0.15) is 0 Å². The maximum Gasteiger partial charge on any atom is 0.0994 e. The van der Waals surface area contributed by atoms with Gasteiger partial charge >= 0.3 is 0 Å². The Morgan fingerprint density at radius 3 is 2.72 bits per heavy atom. The van der Waals surface area contributed by atoms with Crippen LogP contribution in [0.2, 0.25) is 0 Å². The molecule has 1 aromatic rings. The minimum Gasteiger partial charge on any atom is -0.374 e. The van der Waals surface area contributed by atoms with E-state index in [4.69, 9.17) is 5.26 Å². The summed E-state index contributed by atoms with van der Waals surface area (Å²) in [7, 11) is 2.14. The van der Waals surface area contributed by atoms with Gasteiger partial charge in [-0.2, -0.15) is 5.26 Å². The first kappa shape index (κ1) is 12.9. The summed E-state index contributed by atoms with van der Waals surface area (Å²) in [6, 6.07) is 8.30. The lowest BCUT2D eigenvalue weighted by molar-refractivity contribution is 0.378. The Labute approximate surface area is 109 Å². The number of benzene rings is 1. The van der Waals surface area contributed by atoms with E-state index in [-0.39, 0.29) is 0 Å². The van der Waals surface area contributed by atoms with Gasteiger partial charge in [0, 0.05) is 19.3 Å². The van der Waals surface area contributed by atoms with Crippen molar-refractivity contribution in [2.45, 2.75) is 19.8 Å². The normalized spacial score (nSPS) is 16.3. The van der Waals surface area contributed by atoms with E-state index < -0.39 is 0 Å². The Bertz CT molecular complexity index is 442. The fourth-order valence-corrected chi connectivity index (χ4v) is 2.57. The Morgan fingerprint density at radius 2 is 2.11 bits per heavy atom. The second-order valence-corrected chi connectivity index (χ2v) is 5.18. The molecule has 0 atom stereocenters. The van der Waals surface area contributed by atoms with Crippen LogP contribution in [0, 0.1) is 24.2 Å². The van der Waals surface area contributed by atoms with Crippen LogP contribution in [0.3, 0.4) is 0 Å². The topological polar surface area (TPSA) is 39.1 Å². The molecule has 0 aromatic heterocycles. The highest BCUT2D eigenvalue weighted by Crippen LogP contribution is 2.21. The van der Waals surface area contributed by atoms with Gasteiger partial charge < -0.3 is 10.2 Å². The van der Waals surface area contributed by atoms with Crippen molar-refractivity contribution in [3.05, 3.63) is 29.3 Å². The van der Waals surface area contributed by atoms with Crippen LogP contribution in [0.25, 0.3) is 0 Å². The molecule has 0 spiro atoms. The number of hydrogen-bond acceptors (Lipinski definition) is 3. The fourth-order valence-electron chi connectivity index (χ4n) is 2.57. The number of aryl methyl sites for hydroxylation is 1. The van der Waals surface area contributed by atoms with E-state index in [1.807, 2.05) is 19.1 Å². The molecule has 1 aliphatic heterocycles. The van der Waals surface area contributed by atoms with Gasteiger partial charge in [0.2, 0.25) is 0 Å². The summed E-state index contributed by atoms with van der Waals surface area (Å²) in [5, 5.41) is 12.3. The van der Waals surface area contributed by atoms with Crippen molar-refractivity contribution in [3.8, 4) is 6.07 Å². The number of nitrogens with zero attached hydrogens (tertiary/aromatic N) is 2. The van der Waals surface area contributed by atoms with E-state index >= 15 is 0 Å². The molecule has 0 radical (unpaired) electrons. The minimum absolute atomic E-state index is 0.772. The Hall–Kier alpha value is -1.53. The molecule has 3 heteroatoms. The van der Waals surface area contributed by atoms with E-state index in [1.54, 1.807) is 0 Å². The molecule has 0 amide bonds. The number of nitrogens with one attached hydrogen (secondary N) is 1. The molecule has 2 rings (SSSR count). The number of nitriles is 1. The number of anilines is 1. The van der Waals surface area contributed by atoms with Crippen LogP contribution in [0.4, 0.5) is 5.69 Å². The van der Waals surface area contributed by atoms with Crippen molar-refractivity contribution in [3.63, 3.8) is 0 Å². The first-order chi connectivity index (χ1) is 8.70. The summed E-state index contributed by atoms with van der Waals surface area (Å²) in [5.41, 5.74) is 3.05. The van der Waals surface area contributed by atoms with E-state index in [0.29, 0.717) is 0 Å².